The number of benzene rings is 1. The molecule has 0 aliphatic rings. The first-order valence-electron chi connectivity index (χ1n) is 7.29. The number of hydrogen-bond donors (Lipinski definition) is 0. The highest BCUT2D eigenvalue weighted by atomic mass is 32.2. The van der Waals surface area contributed by atoms with Crippen LogP contribution < -0.4 is 0 Å². The molecule has 1 aromatic carbocycles. The second kappa shape index (κ2) is 6.88. The standard InChI is InChI=1S/C16H10N2O8S/c19-17(20)15-8-6-11(25-15)10-14(13-7-9-16(26-13)18(21)22)27(23,24)12-4-2-1-3-5-12/h1-10H/b14-10-. The van der Waals surface area contributed by atoms with E-state index in [0.29, 0.717) is 0 Å². The first kappa shape index (κ1) is 18.1. The number of rotatable bonds is 6. The van der Waals surface area contributed by atoms with Crippen LogP contribution in [-0.2, 0) is 9.84 Å². The number of sulfone groups is 1. The van der Waals surface area contributed by atoms with Crippen molar-refractivity contribution in [3.63, 3.8) is 0 Å². The van der Waals surface area contributed by atoms with Gasteiger partial charge in [-0.2, -0.15) is 0 Å². The predicted octanol–water partition coefficient (Wildman–Crippen LogP) is 3.66. The molecule has 3 rings (SSSR count). The van der Waals surface area contributed by atoms with Crippen molar-refractivity contribution in [2.45, 2.75) is 4.90 Å². The molecular formula is C16H10N2O8S. The third kappa shape index (κ3) is 3.62. The van der Waals surface area contributed by atoms with Gasteiger partial charge in [0.25, 0.3) is 0 Å². The van der Waals surface area contributed by atoms with Crippen LogP contribution in [0.3, 0.4) is 0 Å². The van der Waals surface area contributed by atoms with Gasteiger partial charge in [0.2, 0.25) is 9.84 Å². The summed E-state index contributed by atoms with van der Waals surface area (Å²) in [6.45, 7) is 0. The molecule has 0 saturated carbocycles. The average Bonchev–Trinajstić information content (AvgIpc) is 3.30. The quantitative estimate of drug-likeness (QED) is 0.457. The maximum atomic E-state index is 13.0. The van der Waals surface area contributed by atoms with E-state index in [9.17, 15) is 28.6 Å². The minimum absolute atomic E-state index is 0.0867. The molecule has 0 aliphatic heterocycles. The van der Waals surface area contributed by atoms with E-state index in [0.717, 1.165) is 24.3 Å². The Kier molecular flexibility index (Phi) is 4.60. The molecule has 0 bridgehead atoms. The lowest BCUT2D eigenvalue weighted by atomic mass is 10.3. The monoisotopic (exact) mass is 390 g/mol. The van der Waals surface area contributed by atoms with Crippen molar-refractivity contribution in [1.82, 2.24) is 0 Å². The smallest absolute Gasteiger partial charge is 0.401 e. The maximum absolute atomic E-state index is 13.0. The Bertz CT molecular complexity index is 1140. The zero-order valence-electron chi connectivity index (χ0n) is 13.3. The third-order valence-electron chi connectivity index (χ3n) is 3.42. The van der Waals surface area contributed by atoms with E-state index < -0.39 is 36.4 Å². The maximum Gasteiger partial charge on any atom is 0.433 e. The highest BCUT2D eigenvalue weighted by Crippen LogP contribution is 2.33. The Hall–Kier alpha value is -3.73. The highest BCUT2D eigenvalue weighted by Gasteiger charge is 2.27. The molecule has 0 fully saturated rings. The van der Waals surface area contributed by atoms with Gasteiger partial charge in [-0.05, 0) is 24.3 Å². The number of hydrogen-bond acceptors (Lipinski definition) is 8. The number of nitro groups is 2. The van der Waals surface area contributed by atoms with Gasteiger partial charge in [-0.15, -0.1) is 0 Å². The lowest BCUT2D eigenvalue weighted by Crippen LogP contribution is -2.03. The summed E-state index contributed by atoms with van der Waals surface area (Å²) in [4.78, 5) is 19.5. The second-order valence-corrected chi connectivity index (χ2v) is 7.07. The van der Waals surface area contributed by atoms with Gasteiger partial charge >= 0.3 is 11.8 Å². The minimum atomic E-state index is -4.16. The minimum Gasteiger partial charge on any atom is -0.401 e. The number of furan rings is 2. The molecule has 2 heterocycles. The van der Waals surface area contributed by atoms with E-state index in [4.69, 9.17) is 8.83 Å². The predicted molar refractivity (Wildman–Crippen MR) is 92.2 cm³/mol. The van der Waals surface area contributed by atoms with Crippen molar-refractivity contribution in [3.05, 3.63) is 86.3 Å². The molecule has 11 heteroatoms. The fourth-order valence-corrected chi connectivity index (χ4v) is 3.63. The Balaban J connectivity index is 2.18. The topological polar surface area (TPSA) is 147 Å². The molecule has 0 unspecified atom stereocenters. The molecule has 0 spiro atoms. The molecule has 2 aromatic heterocycles. The molecule has 0 radical (unpaired) electrons. The summed E-state index contributed by atoms with van der Waals surface area (Å²) >= 11 is 0. The lowest BCUT2D eigenvalue weighted by Gasteiger charge is -2.06. The zero-order valence-corrected chi connectivity index (χ0v) is 14.2. The van der Waals surface area contributed by atoms with E-state index in [1.54, 1.807) is 6.07 Å². The third-order valence-corrected chi connectivity index (χ3v) is 5.21. The molecular weight excluding hydrogens is 380 g/mol. The summed E-state index contributed by atoms with van der Waals surface area (Å²) < 4.78 is 36.0. The Morgan fingerprint density at radius 2 is 1.44 bits per heavy atom. The van der Waals surface area contributed by atoms with Gasteiger partial charge in [-0.1, -0.05) is 18.2 Å². The van der Waals surface area contributed by atoms with Crippen LogP contribution in [-0.4, -0.2) is 18.3 Å². The van der Waals surface area contributed by atoms with Crippen LogP contribution >= 0.6 is 0 Å². The van der Waals surface area contributed by atoms with E-state index in [1.807, 2.05) is 0 Å². The Morgan fingerprint density at radius 1 is 0.852 bits per heavy atom. The van der Waals surface area contributed by atoms with E-state index >= 15 is 0 Å². The van der Waals surface area contributed by atoms with Gasteiger partial charge in [0.1, 0.15) is 20.5 Å². The zero-order chi connectivity index (χ0) is 19.6. The van der Waals surface area contributed by atoms with Crippen molar-refractivity contribution >= 4 is 32.6 Å². The van der Waals surface area contributed by atoms with Crippen LogP contribution in [0.25, 0.3) is 11.0 Å². The van der Waals surface area contributed by atoms with Crippen LogP contribution in [0.1, 0.15) is 11.5 Å². The van der Waals surface area contributed by atoms with E-state index in [2.05, 4.69) is 0 Å². The van der Waals surface area contributed by atoms with Gasteiger partial charge in [-0.3, -0.25) is 20.2 Å². The largest absolute Gasteiger partial charge is 0.433 e. The van der Waals surface area contributed by atoms with Crippen molar-refractivity contribution < 1.29 is 27.1 Å². The summed E-state index contributed by atoms with van der Waals surface area (Å²) in [6, 6.07) is 11.7. The number of nitrogens with zero attached hydrogens (tertiary/aromatic N) is 2. The first-order valence-corrected chi connectivity index (χ1v) is 8.78. The average molecular weight is 390 g/mol. The van der Waals surface area contributed by atoms with Crippen LogP contribution in [0.5, 0.6) is 0 Å². The summed E-state index contributed by atoms with van der Waals surface area (Å²) in [7, 11) is -4.16. The molecule has 0 saturated heterocycles. The van der Waals surface area contributed by atoms with Crippen molar-refractivity contribution in [1.29, 1.82) is 0 Å². The Morgan fingerprint density at radius 3 is 2.00 bits per heavy atom. The molecule has 0 atom stereocenters. The van der Waals surface area contributed by atoms with Gasteiger partial charge < -0.3 is 8.83 Å². The molecule has 0 N–H and O–H groups in total. The van der Waals surface area contributed by atoms with Gasteiger partial charge in [-0.25, -0.2) is 8.42 Å². The highest BCUT2D eigenvalue weighted by molar-refractivity contribution is 8.00. The summed E-state index contributed by atoms with van der Waals surface area (Å²) in [5.41, 5.74) is 0. The summed E-state index contributed by atoms with van der Waals surface area (Å²) in [5.74, 6) is -1.66. The van der Waals surface area contributed by atoms with E-state index in [-0.39, 0.29) is 16.4 Å². The van der Waals surface area contributed by atoms with Crippen molar-refractivity contribution in [2.75, 3.05) is 0 Å². The van der Waals surface area contributed by atoms with Crippen molar-refractivity contribution in [2.24, 2.45) is 0 Å². The molecule has 138 valence electrons. The van der Waals surface area contributed by atoms with Crippen LogP contribution in [0.2, 0.25) is 0 Å². The Labute approximate surface area is 151 Å². The van der Waals surface area contributed by atoms with Crippen LogP contribution in [0.4, 0.5) is 11.8 Å². The lowest BCUT2D eigenvalue weighted by molar-refractivity contribution is -0.402. The van der Waals surface area contributed by atoms with Gasteiger partial charge in [0.05, 0.1) is 17.0 Å². The fourth-order valence-electron chi connectivity index (χ4n) is 2.21. The molecule has 27 heavy (non-hydrogen) atoms. The van der Waals surface area contributed by atoms with E-state index in [1.165, 1.54) is 30.3 Å². The van der Waals surface area contributed by atoms with Gasteiger partial charge in [0.15, 0.2) is 5.76 Å². The molecule has 3 aromatic rings. The molecule has 0 aliphatic carbocycles. The second-order valence-electron chi connectivity index (χ2n) is 5.15. The van der Waals surface area contributed by atoms with Crippen LogP contribution in [0, 0.1) is 20.2 Å². The fraction of sp³-hybridized carbons (Fsp3) is 0. The normalized spacial score (nSPS) is 12.1. The molecule has 10 nitrogen and oxygen atoms in total. The summed E-state index contributed by atoms with van der Waals surface area (Å²) in [6.07, 6.45) is 1.01. The first-order chi connectivity index (χ1) is 12.8. The van der Waals surface area contributed by atoms with Gasteiger partial charge in [0, 0.05) is 6.08 Å². The van der Waals surface area contributed by atoms with Crippen LogP contribution in [0.15, 0.2) is 68.3 Å². The molecule has 0 amide bonds. The summed E-state index contributed by atoms with van der Waals surface area (Å²) in [5, 5.41) is 21.6. The van der Waals surface area contributed by atoms with Crippen molar-refractivity contribution in [3.8, 4) is 0 Å². The SMILES string of the molecule is O=[N+]([O-])c1ccc(/C=C(/c2ccc([N+](=O)[O-])o2)S(=O)(=O)c2ccccc2)o1.